The second kappa shape index (κ2) is 2.90. The molecule has 0 unspecified atom stereocenters. The summed E-state index contributed by atoms with van der Waals surface area (Å²) in [6, 6.07) is 1.86. The first-order valence-electron chi connectivity index (χ1n) is 5.05. The third-order valence-corrected chi connectivity index (χ3v) is 2.76. The Morgan fingerprint density at radius 3 is 2.79 bits per heavy atom. The zero-order chi connectivity index (χ0) is 9.54. The lowest BCUT2D eigenvalue weighted by Crippen LogP contribution is -2.48. The minimum Gasteiger partial charge on any atom is -0.351 e. The fourth-order valence-corrected chi connectivity index (χ4v) is 1.69. The van der Waals surface area contributed by atoms with Crippen molar-refractivity contribution in [2.75, 3.05) is 18.0 Å². The molecule has 2 heterocycles. The average molecular weight is 193 g/mol. The second-order valence-corrected chi connectivity index (χ2v) is 4.05. The van der Waals surface area contributed by atoms with Crippen molar-refractivity contribution in [2.24, 2.45) is 0 Å². The molecule has 0 amide bonds. The van der Waals surface area contributed by atoms with Crippen LogP contribution in [0.25, 0.3) is 0 Å². The van der Waals surface area contributed by atoms with Gasteiger partial charge in [-0.05, 0) is 18.9 Å². The maximum absolute atomic E-state index is 12.6. The summed E-state index contributed by atoms with van der Waals surface area (Å²) in [5.41, 5.74) is 0. The Balaban J connectivity index is 1.80. The Kier molecular flexibility index (Phi) is 1.69. The van der Waals surface area contributed by atoms with Gasteiger partial charge >= 0.3 is 0 Å². The van der Waals surface area contributed by atoms with Crippen molar-refractivity contribution in [2.45, 2.75) is 24.9 Å². The van der Waals surface area contributed by atoms with Crippen LogP contribution < -0.4 is 4.90 Å². The van der Waals surface area contributed by atoms with E-state index in [0.29, 0.717) is 19.0 Å². The van der Waals surface area contributed by atoms with E-state index < -0.39 is 6.17 Å². The first-order valence-corrected chi connectivity index (χ1v) is 5.05. The van der Waals surface area contributed by atoms with Gasteiger partial charge < -0.3 is 4.90 Å². The molecule has 0 radical (unpaired) electrons. The van der Waals surface area contributed by atoms with Crippen molar-refractivity contribution in [3.63, 3.8) is 0 Å². The zero-order valence-corrected chi connectivity index (χ0v) is 7.86. The molecule has 0 atom stereocenters. The van der Waals surface area contributed by atoms with Crippen molar-refractivity contribution in [1.29, 1.82) is 0 Å². The molecule has 0 spiro atoms. The van der Waals surface area contributed by atoms with E-state index in [4.69, 9.17) is 0 Å². The molecular formula is C10H12FN3. The van der Waals surface area contributed by atoms with Gasteiger partial charge in [0, 0.05) is 12.1 Å². The van der Waals surface area contributed by atoms with Crippen molar-refractivity contribution in [3.05, 3.63) is 18.1 Å². The van der Waals surface area contributed by atoms with Crippen molar-refractivity contribution < 1.29 is 4.39 Å². The Morgan fingerprint density at radius 1 is 1.36 bits per heavy atom. The first kappa shape index (κ1) is 8.15. The highest BCUT2D eigenvalue weighted by molar-refractivity contribution is 5.41. The molecule has 1 aliphatic carbocycles. The van der Waals surface area contributed by atoms with Gasteiger partial charge in [0.25, 0.3) is 0 Å². The predicted molar refractivity (Wildman–Crippen MR) is 51.1 cm³/mol. The lowest BCUT2D eigenvalue weighted by atomic mass is 10.2. The highest BCUT2D eigenvalue weighted by atomic mass is 19.1. The molecular weight excluding hydrogens is 181 g/mol. The lowest BCUT2D eigenvalue weighted by Gasteiger charge is -2.35. The van der Waals surface area contributed by atoms with E-state index in [0.717, 1.165) is 11.6 Å². The number of hydrogen-bond donors (Lipinski definition) is 0. The van der Waals surface area contributed by atoms with Gasteiger partial charge in [-0.25, -0.2) is 14.4 Å². The van der Waals surface area contributed by atoms with Gasteiger partial charge in [0.2, 0.25) is 0 Å². The van der Waals surface area contributed by atoms with Crippen LogP contribution in [0.5, 0.6) is 0 Å². The number of nitrogens with zero attached hydrogens (tertiary/aromatic N) is 3. The molecule has 3 nitrogen and oxygen atoms in total. The molecule has 2 aliphatic rings. The van der Waals surface area contributed by atoms with E-state index in [-0.39, 0.29) is 0 Å². The Labute approximate surface area is 82.0 Å². The van der Waals surface area contributed by atoms with Gasteiger partial charge in [0.05, 0.1) is 13.1 Å². The van der Waals surface area contributed by atoms with E-state index in [1.807, 2.05) is 11.0 Å². The molecule has 1 saturated heterocycles. The number of hydrogen-bond acceptors (Lipinski definition) is 3. The minimum absolute atomic E-state index is 0.487. The topological polar surface area (TPSA) is 29.0 Å². The van der Waals surface area contributed by atoms with E-state index in [1.165, 1.54) is 12.8 Å². The SMILES string of the molecule is FC1CN(c2ccnc(C3CC3)n2)C1. The van der Waals surface area contributed by atoms with Crippen LogP contribution >= 0.6 is 0 Å². The summed E-state index contributed by atoms with van der Waals surface area (Å²) in [7, 11) is 0. The van der Waals surface area contributed by atoms with Crippen LogP contribution in [0.2, 0.25) is 0 Å². The predicted octanol–water partition coefficient (Wildman–Crippen LogP) is 1.51. The molecule has 74 valence electrons. The van der Waals surface area contributed by atoms with E-state index >= 15 is 0 Å². The summed E-state index contributed by atoms with van der Waals surface area (Å²) in [5.74, 6) is 2.39. The third kappa shape index (κ3) is 1.35. The molecule has 1 aromatic rings. The van der Waals surface area contributed by atoms with E-state index in [2.05, 4.69) is 9.97 Å². The van der Waals surface area contributed by atoms with E-state index in [1.54, 1.807) is 6.20 Å². The minimum atomic E-state index is -0.672. The number of rotatable bonds is 2. The fourth-order valence-electron chi connectivity index (χ4n) is 1.69. The molecule has 14 heavy (non-hydrogen) atoms. The fraction of sp³-hybridized carbons (Fsp3) is 0.600. The highest BCUT2D eigenvalue weighted by Crippen LogP contribution is 2.38. The van der Waals surface area contributed by atoms with Crippen LogP contribution in [0.3, 0.4) is 0 Å². The number of aromatic nitrogens is 2. The largest absolute Gasteiger partial charge is 0.351 e. The molecule has 1 aromatic heterocycles. The maximum atomic E-state index is 12.6. The summed E-state index contributed by atoms with van der Waals surface area (Å²) in [4.78, 5) is 10.6. The van der Waals surface area contributed by atoms with Gasteiger partial charge in [-0.2, -0.15) is 0 Å². The molecule has 4 heteroatoms. The molecule has 1 saturated carbocycles. The summed E-state index contributed by atoms with van der Waals surface area (Å²) in [6.45, 7) is 0.974. The smallest absolute Gasteiger partial charge is 0.135 e. The molecule has 0 bridgehead atoms. The molecule has 2 fully saturated rings. The average Bonchev–Trinajstić information content (AvgIpc) is 2.96. The Hall–Kier alpha value is -1.19. The highest BCUT2D eigenvalue weighted by Gasteiger charge is 2.30. The van der Waals surface area contributed by atoms with Crippen LogP contribution in [0, 0.1) is 0 Å². The normalized spacial score (nSPS) is 22.2. The maximum Gasteiger partial charge on any atom is 0.135 e. The lowest BCUT2D eigenvalue weighted by molar-refractivity contribution is 0.273. The zero-order valence-electron chi connectivity index (χ0n) is 7.86. The molecule has 3 rings (SSSR count). The van der Waals surface area contributed by atoms with Gasteiger partial charge in [0.15, 0.2) is 0 Å². The quantitative estimate of drug-likeness (QED) is 0.713. The standard InChI is InChI=1S/C10H12FN3/c11-8-5-14(6-8)9-3-4-12-10(13-9)7-1-2-7/h3-4,7-8H,1-2,5-6H2. The summed E-state index contributed by atoms with van der Waals surface area (Å²) in [6.07, 6.45) is 3.51. The van der Waals surface area contributed by atoms with Gasteiger partial charge in [0.1, 0.15) is 17.8 Å². The van der Waals surface area contributed by atoms with Gasteiger partial charge in [-0.1, -0.05) is 0 Å². The summed E-state index contributed by atoms with van der Waals surface area (Å²) in [5, 5.41) is 0. The van der Waals surface area contributed by atoms with Crippen molar-refractivity contribution >= 4 is 5.82 Å². The van der Waals surface area contributed by atoms with Crippen molar-refractivity contribution in [1.82, 2.24) is 9.97 Å². The monoisotopic (exact) mass is 193 g/mol. The Bertz CT molecular complexity index is 345. The van der Waals surface area contributed by atoms with Gasteiger partial charge in [-0.3, -0.25) is 0 Å². The van der Waals surface area contributed by atoms with Crippen LogP contribution in [0.4, 0.5) is 10.2 Å². The van der Waals surface area contributed by atoms with Crippen LogP contribution in [-0.2, 0) is 0 Å². The van der Waals surface area contributed by atoms with Crippen LogP contribution in [0.15, 0.2) is 12.3 Å². The molecule has 0 N–H and O–H groups in total. The second-order valence-electron chi connectivity index (χ2n) is 4.05. The number of halogens is 1. The number of alkyl halides is 1. The Morgan fingerprint density at radius 2 is 2.14 bits per heavy atom. The summed E-state index contributed by atoms with van der Waals surface area (Å²) >= 11 is 0. The van der Waals surface area contributed by atoms with Gasteiger partial charge in [-0.15, -0.1) is 0 Å². The first-order chi connectivity index (χ1) is 6.83. The summed E-state index contributed by atoms with van der Waals surface area (Å²) < 4.78 is 12.6. The number of anilines is 1. The van der Waals surface area contributed by atoms with E-state index in [9.17, 15) is 4.39 Å². The third-order valence-electron chi connectivity index (χ3n) is 2.76. The van der Waals surface area contributed by atoms with Crippen molar-refractivity contribution in [3.8, 4) is 0 Å². The molecule has 0 aromatic carbocycles. The van der Waals surface area contributed by atoms with Crippen LogP contribution in [-0.4, -0.2) is 29.2 Å². The van der Waals surface area contributed by atoms with Crippen LogP contribution in [0.1, 0.15) is 24.6 Å². The molecule has 1 aliphatic heterocycles.